The first-order valence-corrected chi connectivity index (χ1v) is 6.86. The maximum absolute atomic E-state index is 11.9. The average Bonchev–Trinajstić information content (AvgIpc) is 3.17. The Bertz CT molecular complexity index is 520. The van der Waals surface area contributed by atoms with Crippen molar-refractivity contribution in [2.24, 2.45) is 11.3 Å². The molecule has 1 spiro atoms. The lowest BCUT2D eigenvalue weighted by Crippen LogP contribution is -2.37. The third-order valence-electron chi connectivity index (χ3n) is 4.43. The van der Waals surface area contributed by atoms with Gasteiger partial charge in [0.25, 0.3) is 0 Å². The molecule has 2 fully saturated rings. The molecule has 20 heavy (non-hydrogen) atoms. The number of carboxylic acid groups (broad SMARTS) is 1. The van der Waals surface area contributed by atoms with Crippen LogP contribution >= 0.6 is 0 Å². The second kappa shape index (κ2) is 4.90. The van der Waals surface area contributed by atoms with Crippen molar-refractivity contribution < 1.29 is 19.5 Å². The number of nitrogens with zero attached hydrogens (tertiary/aromatic N) is 1. The van der Waals surface area contributed by atoms with Crippen LogP contribution in [0.3, 0.4) is 0 Å². The van der Waals surface area contributed by atoms with Gasteiger partial charge in [-0.1, -0.05) is 18.2 Å². The molecule has 1 aliphatic heterocycles. The summed E-state index contributed by atoms with van der Waals surface area (Å²) >= 11 is 0. The van der Waals surface area contributed by atoms with Crippen LogP contribution in [-0.2, 0) is 9.63 Å². The Morgan fingerprint density at radius 1 is 1.20 bits per heavy atom. The van der Waals surface area contributed by atoms with E-state index < -0.39 is 5.97 Å². The highest BCUT2D eigenvalue weighted by Gasteiger charge is 2.59. The number of rotatable bonds is 3. The second-order valence-electron chi connectivity index (χ2n) is 5.63. The van der Waals surface area contributed by atoms with E-state index in [1.165, 1.54) is 0 Å². The zero-order chi connectivity index (χ0) is 14.2. The number of carbonyl (C=O) groups is 2. The minimum atomic E-state index is -0.695. The highest BCUT2D eigenvalue weighted by Crippen LogP contribution is 2.59. The van der Waals surface area contributed by atoms with E-state index in [9.17, 15) is 9.59 Å². The van der Waals surface area contributed by atoms with E-state index in [0.717, 1.165) is 19.3 Å². The highest BCUT2D eigenvalue weighted by molar-refractivity contribution is 5.89. The van der Waals surface area contributed by atoms with E-state index in [0.29, 0.717) is 18.7 Å². The van der Waals surface area contributed by atoms with E-state index in [4.69, 9.17) is 9.94 Å². The molecule has 3 rings (SSSR count). The third-order valence-corrected chi connectivity index (χ3v) is 4.43. The van der Waals surface area contributed by atoms with Crippen LogP contribution in [0.4, 0.5) is 0 Å². The molecule has 1 aromatic rings. The van der Waals surface area contributed by atoms with Crippen molar-refractivity contribution in [3.05, 3.63) is 35.9 Å². The third kappa shape index (κ3) is 2.41. The number of hydrogen-bond acceptors (Lipinski definition) is 4. The molecule has 106 valence electrons. The van der Waals surface area contributed by atoms with E-state index in [-0.39, 0.29) is 17.3 Å². The van der Waals surface area contributed by atoms with E-state index in [1.54, 1.807) is 29.3 Å². The molecule has 0 aromatic heterocycles. The molecule has 0 bridgehead atoms. The number of carboxylic acids is 1. The highest BCUT2D eigenvalue weighted by atomic mass is 16.7. The lowest BCUT2D eigenvalue weighted by molar-refractivity contribution is -0.143. The first-order chi connectivity index (χ1) is 9.61. The van der Waals surface area contributed by atoms with Gasteiger partial charge in [-0.2, -0.15) is 0 Å². The van der Waals surface area contributed by atoms with Gasteiger partial charge in [-0.05, 0) is 36.8 Å². The fourth-order valence-electron chi connectivity index (χ4n) is 3.02. The van der Waals surface area contributed by atoms with Gasteiger partial charge >= 0.3 is 11.9 Å². The first kappa shape index (κ1) is 13.1. The molecule has 1 heterocycles. The topological polar surface area (TPSA) is 66.8 Å². The van der Waals surface area contributed by atoms with Crippen molar-refractivity contribution in [1.29, 1.82) is 0 Å². The van der Waals surface area contributed by atoms with Gasteiger partial charge in [-0.25, -0.2) is 4.79 Å². The summed E-state index contributed by atoms with van der Waals surface area (Å²) in [6, 6.07) is 8.87. The molecular formula is C15H17NO4. The predicted molar refractivity (Wildman–Crippen MR) is 70.8 cm³/mol. The van der Waals surface area contributed by atoms with Gasteiger partial charge in [0.2, 0.25) is 0 Å². The molecule has 0 radical (unpaired) electrons. The standard InChI is InChI=1S/C15H17NO4/c17-13(18)12-10-15(12)6-8-16(9-7-15)20-14(19)11-4-2-1-3-5-11/h1-5,12H,6-10H2,(H,17,18). The van der Waals surface area contributed by atoms with Crippen molar-refractivity contribution >= 4 is 11.9 Å². The molecule has 1 atom stereocenters. The Balaban J connectivity index is 1.53. The molecule has 1 aromatic carbocycles. The lowest BCUT2D eigenvalue weighted by atomic mass is 9.92. The van der Waals surface area contributed by atoms with E-state index in [2.05, 4.69) is 0 Å². The van der Waals surface area contributed by atoms with Gasteiger partial charge < -0.3 is 9.94 Å². The zero-order valence-electron chi connectivity index (χ0n) is 11.1. The number of benzene rings is 1. The number of carbonyl (C=O) groups excluding carboxylic acids is 1. The summed E-state index contributed by atoms with van der Waals surface area (Å²) in [6.45, 7) is 1.23. The fraction of sp³-hybridized carbons (Fsp3) is 0.467. The summed E-state index contributed by atoms with van der Waals surface area (Å²) < 4.78 is 0. The second-order valence-corrected chi connectivity index (χ2v) is 5.63. The van der Waals surface area contributed by atoms with Gasteiger partial charge in [-0.15, -0.1) is 5.06 Å². The summed E-state index contributed by atoms with van der Waals surface area (Å²) in [5.74, 6) is -1.25. The van der Waals surface area contributed by atoms with Crippen molar-refractivity contribution in [3.63, 3.8) is 0 Å². The number of hydrogen-bond donors (Lipinski definition) is 1. The van der Waals surface area contributed by atoms with Crippen molar-refractivity contribution in [2.45, 2.75) is 19.3 Å². The quantitative estimate of drug-likeness (QED) is 0.913. The van der Waals surface area contributed by atoms with Crippen LogP contribution in [0.1, 0.15) is 29.6 Å². The van der Waals surface area contributed by atoms with Gasteiger partial charge in [-0.3, -0.25) is 4.79 Å². The van der Waals surface area contributed by atoms with Crippen LogP contribution < -0.4 is 0 Å². The molecular weight excluding hydrogens is 258 g/mol. The Hall–Kier alpha value is -1.88. The minimum absolute atomic E-state index is 0.0402. The minimum Gasteiger partial charge on any atom is -0.481 e. The maximum Gasteiger partial charge on any atom is 0.357 e. The fourth-order valence-corrected chi connectivity index (χ4v) is 3.02. The summed E-state index contributed by atoms with van der Waals surface area (Å²) in [7, 11) is 0. The zero-order valence-corrected chi connectivity index (χ0v) is 11.1. The summed E-state index contributed by atoms with van der Waals surface area (Å²) in [6.07, 6.45) is 2.33. The van der Waals surface area contributed by atoms with Crippen molar-refractivity contribution in [1.82, 2.24) is 5.06 Å². The molecule has 1 N–H and O–H groups in total. The predicted octanol–water partition coefficient (Wildman–Crippen LogP) is 1.95. The molecule has 5 nitrogen and oxygen atoms in total. The first-order valence-electron chi connectivity index (χ1n) is 6.86. The number of aliphatic carboxylic acids is 1. The maximum atomic E-state index is 11.9. The van der Waals surface area contributed by atoms with Gasteiger partial charge in [0, 0.05) is 13.1 Å². The largest absolute Gasteiger partial charge is 0.481 e. The van der Waals surface area contributed by atoms with Crippen LogP contribution in [0.15, 0.2) is 30.3 Å². The van der Waals surface area contributed by atoms with Crippen LogP contribution in [0, 0.1) is 11.3 Å². The van der Waals surface area contributed by atoms with Crippen LogP contribution in [0.5, 0.6) is 0 Å². The number of piperidine rings is 1. The summed E-state index contributed by atoms with van der Waals surface area (Å²) in [4.78, 5) is 28.2. The Morgan fingerprint density at radius 2 is 1.85 bits per heavy atom. The Morgan fingerprint density at radius 3 is 2.40 bits per heavy atom. The average molecular weight is 275 g/mol. The van der Waals surface area contributed by atoms with Crippen molar-refractivity contribution in [2.75, 3.05) is 13.1 Å². The molecule has 1 unspecified atom stereocenters. The van der Waals surface area contributed by atoms with Gasteiger partial charge in [0.05, 0.1) is 11.5 Å². The molecule has 2 aliphatic rings. The molecule has 1 aliphatic carbocycles. The SMILES string of the molecule is O=C(ON1CCC2(CC1)CC2C(=O)O)c1ccccc1. The normalized spacial score (nSPS) is 24.3. The summed E-state index contributed by atoms with van der Waals surface area (Å²) in [5.41, 5.74) is 0.490. The molecule has 1 saturated carbocycles. The van der Waals surface area contributed by atoms with Crippen LogP contribution in [-0.4, -0.2) is 35.2 Å². The Kier molecular flexibility index (Phi) is 3.22. The van der Waals surface area contributed by atoms with E-state index >= 15 is 0 Å². The lowest BCUT2D eigenvalue weighted by Gasteiger charge is -2.30. The Labute approximate surface area is 117 Å². The van der Waals surface area contributed by atoms with Gasteiger partial charge in [0.15, 0.2) is 0 Å². The van der Waals surface area contributed by atoms with Crippen molar-refractivity contribution in [3.8, 4) is 0 Å². The molecule has 5 heteroatoms. The molecule has 1 saturated heterocycles. The number of hydroxylamine groups is 2. The molecule has 0 amide bonds. The van der Waals surface area contributed by atoms with Crippen LogP contribution in [0.2, 0.25) is 0 Å². The smallest absolute Gasteiger partial charge is 0.357 e. The monoisotopic (exact) mass is 275 g/mol. The van der Waals surface area contributed by atoms with Gasteiger partial charge in [0.1, 0.15) is 0 Å². The van der Waals surface area contributed by atoms with Crippen LogP contribution in [0.25, 0.3) is 0 Å². The van der Waals surface area contributed by atoms with E-state index in [1.807, 2.05) is 6.07 Å². The summed E-state index contributed by atoms with van der Waals surface area (Å²) in [5, 5.41) is 10.7.